The van der Waals surface area contributed by atoms with Gasteiger partial charge in [-0.3, -0.25) is 14.5 Å². The van der Waals surface area contributed by atoms with E-state index in [4.69, 9.17) is 0 Å². The molecule has 1 aliphatic rings. The molecule has 0 spiro atoms. The van der Waals surface area contributed by atoms with E-state index in [9.17, 15) is 14.4 Å². The average molecular weight is 379 g/mol. The Morgan fingerprint density at radius 2 is 1.75 bits per heavy atom. The molecule has 2 N–H and O–H groups in total. The lowest BCUT2D eigenvalue weighted by atomic mass is 9.92. The van der Waals surface area contributed by atoms with E-state index in [0.717, 1.165) is 16.0 Å². The Hall–Kier alpha value is -3.15. The molecule has 6 nitrogen and oxygen atoms in total. The van der Waals surface area contributed by atoms with Crippen LogP contribution in [0.3, 0.4) is 0 Å². The SMILES string of the molecule is CCC(NC(=O)CN1C(=O)NC(C)(c2ccccc2)C1=O)c1ccc(C)cc1. The van der Waals surface area contributed by atoms with Gasteiger partial charge in [-0.25, -0.2) is 4.79 Å². The predicted molar refractivity (Wildman–Crippen MR) is 106 cm³/mol. The van der Waals surface area contributed by atoms with Gasteiger partial charge in [-0.1, -0.05) is 67.1 Å². The van der Waals surface area contributed by atoms with E-state index < -0.39 is 17.5 Å². The van der Waals surface area contributed by atoms with Gasteiger partial charge in [0.1, 0.15) is 12.1 Å². The van der Waals surface area contributed by atoms with Gasteiger partial charge in [0.25, 0.3) is 5.91 Å². The number of amides is 4. The van der Waals surface area contributed by atoms with Crippen LogP contribution in [0.5, 0.6) is 0 Å². The molecule has 2 aromatic carbocycles. The maximum Gasteiger partial charge on any atom is 0.325 e. The summed E-state index contributed by atoms with van der Waals surface area (Å²) in [6, 6.07) is 16.2. The van der Waals surface area contributed by atoms with E-state index in [-0.39, 0.29) is 18.5 Å². The van der Waals surface area contributed by atoms with Crippen LogP contribution in [0, 0.1) is 6.92 Å². The number of carbonyl (C=O) groups excluding carboxylic acids is 3. The van der Waals surface area contributed by atoms with Crippen molar-refractivity contribution in [3.05, 3.63) is 71.3 Å². The fourth-order valence-electron chi connectivity index (χ4n) is 3.41. The number of hydrogen-bond donors (Lipinski definition) is 2. The smallest absolute Gasteiger partial charge is 0.325 e. The Balaban J connectivity index is 1.70. The molecule has 28 heavy (non-hydrogen) atoms. The molecule has 146 valence electrons. The van der Waals surface area contributed by atoms with E-state index in [1.54, 1.807) is 19.1 Å². The zero-order valence-electron chi connectivity index (χ0n) is 16.4. The molecule has 2 atom stereocenters. The summed E-state index contributed by atoms with van der Waals surface area (Å²) in [5.74, 6) is -0.796. The summed E-state index contributed by atoms with van der Waals surface area (Å²) < 4.78 is 0. The van der Waals surface area contributed by atoms with Crippen molar-refractivity contribution >= 4 is 17.8 Å². The quantitative estimate of drug-likeness (QED) is 0.757. The Bertz CT molecular complexity index is 880. The van der Waals surface area contributed by atoms with Gasteiger partial charge in [-0.15, -0.1) is 0 Å². The van der Waals surface area contributed by atoms with Gasteiger partial charge >= 0.3 is 6.03 Å². The van der Waals surface area contributed by atoms with Gasteiger partial charge < -0.3 is 10.6 Å². The van der Waals surface area contributed by atoms with Gasteiger partial charge in [0.05, 0.1) is 6.04 Å². The largest absolute Gasteiger partial charge is 0.348 e. The molecule has 1 heterocycles. The first kappa shape index (κ1) is 19.6. The fraction of sp³-hybridized carbons (Fsp3) is 0.318. The van der Waals surface area contributed by atoms with Crippen LogP contribution in [0.25, 0.3) is 0 Å². The third-order valence-electron chi connectivity index (χ3n) is 5.15. The molecule has 0 saturated carbocycles. The van der Waals surface area contributed by atoms with E-state index in [1.165, 1.54) is 0 Å². The monoisotopic (exact) mass is 379 g/mol. The topological polar surface area (TPSA) is 78.5 Å². The molecule has 2 aromatic rings. The van der Waals surface area contributed by atoms with Crippen molar-refractivity contribution in [2.75, 3.05) is 6.54 Å². The van der Waals surface area contributed by atoms with Crippen molar-refractivity contribution in [3.8, 4) is 0 Å². The average Bonchev–Trinajstić information content (AvgIpc) is 2.91. The van der Waals surface area contributed by atoms with Crippen LogP contribution in [0.2, 0.25) is 0 Å². The van der Waals surface area contributed by atoms with Gasteiger partial charge in [0.2, 0.25) is 5.91 Å². The Morgan fingerprint density at radius 3 is 2.36 bits per heavy atom. The molecule has 1 saturated heterocycles. The summed E-state index contributed by atoms with van der Waals surface area (Å²) >= 11 is 0. The summed E-state index contributed by atoms with van der Waals surface area (Å²) in [7, 11) is 0. The molecule has 0 aromatic heterocycles. The van der Waals surface area contributed by atoms with Crippen molar-refractivity contribution < 1.29 is 14.4 Å². The van der Waals surface area contributed by atoms with Gasteiger partial charge in [-0.2, -0.15) is 0 Å². The first-order chi connectivity index (χ1) is 13.3. The van der Waals surface area contributed by atoms with Crippen LogP contribution in [0.1, 0.15) is 43.0 Å². The molecule has 6 heteroatoms. The van der Waals surface area contributed by atoms with Gasteiger partial charge in [0, 0.05) is 0 Å². The summed E-state index contributed by atoms with van der Waals surface area (Å²) in [6.45, 7) is 5.33. The zero-order valence-corrected chi connectivity index (χ0v) is 16.4. The Kier molecular flexibility index (Phi) is 5.49. The number of rotatable bonds is 6. The summed E-state index contributed by atoms with van der Waals surface area (Å²) in [5, 5.41) is 5.64. The van der Waals surface area contributed by atoms with Gasteiger partial charge in [-0.05, 0) is 31.4 Å². The number of nitrogens with one attached hydrogen (secondary N) is 2. The van der Waals surface area contributed by atoms with Crippen LogP contribution < -0.4 is 10.6 Å². The maximum absolute atomic E-state index is 12.9. The molecule has 2 unspecified atom stereocenters. The highest BCUT2D eigenvalue weighted by atomic mass is 16.2. The van der Waals surface area contributed by atoms with E-state index in [0.29, 0.717) is 12.0 Å². The number of carbonyl (C=O) groups is 3. The second kappa shape index (κ2) is 7.84. The molecule has 0 radical (unpaired) electrons. The first-order valence-electron chi connectivity index (χ1n) is 9.40. The minimum Gasteiger partial charge on any atom is -0.348 e. The molecular weight excluding hydrogens is 354 g/mol. The summed E-state index contributed by atoms with van der Waals surface area (Å²) in [5.41, 5.74) is 1.65. The van der Waals surface area contributed by atoms with Crippen LogP contribution in [-0.2, 0) is 15.1 Å². The normalized spacial score (nSPS) is 20.0. The third kappa shape index (κ3) is 3.76. The van der Waals surface area contributed by atoms with E-state index in [1.807, 2.05) is 56.3 Å². The standard InChI is InChI=1S/C22H25N3O3/c1-4-18(16-12-10-15(2)11-13-16)23-19(26)14-25-20(27)22(3,24-21(25)28)17-8-6-5-7-9-17/h5-13,18H,4,14H2,1-3H3,(H,23,26)(H,24,28). The van der Waals surface area contributed by atoms with Crippen molar-refractivity contribution in [3.63, 3.8) is 0 Å². The number of hydrogen-bond acceptors (Lipinski definition) is 3. The number of nitrogens with zero attached hydrogens (tertiary/aromatic N) is 1. The lowest BCUT2D eigenvalue weighted by Crippen LogP contribution is -2.43. The van der Waals surface area contributed by atoms with Crippen molar-refractivity contribution in [2.24, 2.45) is 0 Å². The third-order valence-corrected chi connectivity index (χ3v) is 5.15. The highest BCUT2D eigenvalue weighted by Crippen LogP contribution is 2.28. The summed E-state index contributed by atoms with van der Waals surface area (Å²) in [4.78, 5) is 38.8. The zero-order chi connectivity index (χ0) is 20.3. The second-order valence-corrected chi connectivity index (χ2v) is 7.25. The number of urea groups is 1. The molecule has 0 bridgehead atoms. The first-order valence-corrected chi connectivity index (χ1v) is 9.40. The molecule has 4 amide bonds. The summed E-state index contributed by atoms with van der Waals surface area (Å²) in [6.07, 6.45) is 0.705. The second-order valence-electron chi connectivity index (χ2n) is 7.25. The Morgan fingerprint density at radius 1 is 1.11 bits per heavy atom. The minimum absolute atomic E-state index is 0.172. The van der Waals surface area contributed by atoms with E-state index >= 15 is 0 Å². The fourth-order valence-corrected chi connectivity index (χ4v) is 3.41. The maximum atomic E-state index is 12.9. The van der Waals surface area contributed by atoms with Crippen LogP contribution in [-0.4, -0.2) is 29.3 Å². The minimum atomic E-state index is -1.17. The lowest BCUT2D eigenvalue weighted by molar-refractivity contribution is -0.135. The predicted octanol–water partition coefficient (Wildman–Crippen LogP) is 3.03. The highest BCUT2D eigenvalue weighted by Gasteiger charge is 2.49. The molecule has 1 fully saturated rings. The molecule has 1 aliphatic heterocycles. The molecule has 0 aliphatic carbocycles. The molecular formula is C22H25N3O3. The van der Waals surface area contributed by atoms with Crippen LogP contribution >= 0.6 is 0 Å². The van der Waals surface area contributed by atoms with Crippen molar-refractivity contribution in [1.29, 1.82) is 0 Å². The van der Waals surface area contributed by atoms with Crippen LogP contribution in [0.15, 0.2) is 54.6 Å². The number of aryl methyl sites for hydroxylation is 1. The van der Waals surface area contributed by atoms with Crippen molar-refractivity contribution in [1.82, 2.24) is 15.5 Å². The number of imide groups is 1. The Labute approximate surface area is 164 Å². The lowest BCUT2D eigenvalue weighted by Gasteiger charge is -2.22. The highest BCUT2D eigenvalue weighted by molar-refractivity contribution is 6.09. The van der Waals surface area contributed by atoms with Gasteiger partial charge in [0.15, 0.2) is 0 Å². The van der Waals surface area contributed by atoms with Crippen LogP contribution in [0.4, 0.5) is 4.79 Å². The van der Waals surface area contributed by atoms with Crippen molar-refractivity contribution in [2.45, 2.75) is 38.8 Å². The van der Waals surface area contributed by atoms with E-state index in [2.05, 4.69) is 10.6 Å². The molecule has 3 rings (SSSR count). The number of benzene rings is 2.